The third-order valence-electron chi connectivity index (χ3n) is 2.45. The summed E-state index contributed by atoms with van der Waals surface area (Å²) >= 11 is 5.69. The Balaban J connectivity index is 0. The van der Waals surface area contributed by atoms with Gasteiger partial charge in [-0.3, -0.25) is 0 Å². The Morgan fingerprint density at radius 3 is 1.53 bits per heavy atom. The molecule has 0 heterocycles. The highest BCUT2D eigenvalue weighted by Crippen LogP contribution is 2.00. The minimum Gasteiger partial charge on any atom is -0.473 e. The third kappa shape index (κ3) is 17.2. The quantitative estimate of drug-likeness (QED) is 0.505. The SMILES string of the molecule is CCCCN(CCCC)CCCCl.O=C(O)C(=O)O. The fraction of sp³-hybridized carbons (Fsp3) is 0.846. The van der Waals surface area contributed by atoms with E-state index in [4.69, 9.17) is 31.4 Å². The van der Waals surface area contributed by atoms with E-state index in [1.54, 1.807) is 0 Å². The van der Waals surface area contributed by atoms with Crippen LogP contribution in [0.1, 0.15) is 46.0 Å². The fourth-order valence-electron chi connectivity index (χ4n) is 1.38. The predicted octanol–water partition coefficient (Wildman–Crippen LogP) is 2.67. The summed E-state index contributed by atoms with van der Waals surface area (Å²) in [4.78, 5) is 20.8. The van der Waals surface area contributed by atoms with E-state index in [0.717, 1.165) is 12.3 Å². The van der Waals surface area contributed by atoms with Crippen molar-refractivity contribution in [1.29, 1.82) is 0 Å². The van der Waals surface area contributed by atoms with Crippen molar-refractivity contribution in [3.05, 3.63) is 0 Å². The van der Waals surface area contributed by atoms with Gasteiger partial charge in [-0.1, -0.05) is 26.7 Å². The van der Waals surface area contributed by atoms with Gasteiger partial charge in [-0.15, -0.1) is 11.6 Å². The van der Waals surface area contributed by atoms with Crippen LogP contribution in [0.2, 0.25) is 0 Å². The van der Waals surface area contributed by atoms with Gasteiger partial charge < -0.3 is 15.1 Å². The van der Waals surface area contributed by atoms with Crippen molar-refractivity contribution in [1.82, 2.24) is 4.90 Å². The van der Waals surface area contributed by atoms with Gasteiger partial charge in [0.2, 0.25) is 0 Å². The largest absolute Gasteiger partial charge is 0.473 e. The molecule has 0 unspecified atom stereocenters. The number of hydrogen-bond acceptors (Lipinski definition) is 3. The zero-order valence-electron chi connectivity index (χ0n) is 11.9. The number of hydrogen-bond donors (Lipinski definition) is 2. The second-order valence-corrected chi connectivity index (χ2v) is 4.58. The Morgan fingerprint density at radius 1 is 0.895 bits per heavy atom. The number of unbranched alkanes of at least 4 members (excludes halogenated alkanes) is 2. The predicted molar refractivity (Wildman–Crippen MR) is 76.9 cm³/mol. The monoisotopic (exact) mass is 295 g/mol. The molecule has 0 aromatic heterocycles. The molecule has 2 N–H and O–H groups in total. The highest BCUT2D eigenvalue weighted by Gasteiger charge is 2.04. The van der Waals surface area contributed by atoms with Gasteiger partial charge in [0.05, 0.1) is 0 Å². The molecular formula is C13H26ClNO4. The number of carboxylic acid groups (broad SMARTS) is 2. The van der Waals surface area contributed by atoms with Gasteiger partial charge in [-0.25, -0.2) is 9.59 Å². The third-order valence-corrected chi connectivity index (χ3v) is 2.71. The first-order valence-corrected chi connectivity index (χ1v) is 7.27. The van der Waals surface area contributed by atoms with E-state index in [0.29, 0.717) is 0 Å². The molecule has 0 radical (unpaired) electrons. The summed E-state index contributed by atoms with van der Waals surface area (Å²) in [7, 11) is 0. The molecule has 0 fully saturated rings. The molecule has 5 nitrogen and oxygen atoms in total. The topological polar surface area (TPSA) is 77.8 Å². The molecule has 0 bridgehead atoms. The van der Waals surface area contributed by atoms with Crippen LogP contribution in [0.25, 0.3) is 0 Å². The molecule has 0 aliphatic rings. The van der Waals surface area contributed by atoms with Crippen LogP contribution in [-0.4, -0.2) is 52.6 Å². The molecule has 0 aromatic carbocycles. The van der Waals surface area contributed by atoms with Gasteiger partial charge in [0.1, 0.15) is 0 Å². The summed E-state index contributed by atoms with van der Waals surface area (Å²) in [6.07, 6.45) is 6.37. The van der Waals surface area contributed by atoms with Crippen LogP contribution in [0.3, 0.4) is 0 Å². The second kappa shape index (κ2) is 15.2. The maximum absolute atomic E-state index is 9.10. The van der Waals surface area contributed by atoms with E-state index in [2.05, 4.69) is 18.7 Å². The molecule has 114 valence electrons. The van der Waals surface area contributed by atoms with Crippen LogP contribution in [-0.2, 0) is 9.59 Å². The van der Waals surface area contributed by atoms with Crippen LogP contribution < -0.4 is 0 Å². The van der Waals surface area contributed by atoms with E-state index in [-0.39, 0.29) is 0 Å². The van der Waals surface area contributed by atoms with Crippen LogP contribution >= 0.6 is 11.6 Å². The molecule has 0 spiro atoms. The molecule has 19 heavy (non-hydrogen) atoms. The Morgan fingerprint density at radius 2 is 1.26 bits per heavy atom. The van der Waals surface area contributed by atoms with Crippen LogP contribution in [0.15, 0.2) is 0 Å². The molecule has 0 saturated heterocycles. The lowest BCUT2D eigenvalue weighted by molar-refractivity contribution is -0.159. The molecule has 0 saturated carbocycles. The minimum absolute atomic E-state index is 0.800. The molecule has 0 atom stereocenters. The van der Waals surface area contributed by atoms with Crippen LogP contribution in [0.4, 0.5) is 0 Å². The number of alkyl halides is 1. The summed E-state index contributed by atoms with van der Waals surface area (Å²) < 4.78 is 0. The smallest absolute Gasteiger partial charge is 0.414 e. The van der Waals surface area contributed by atoms with Crippen molar-refractivity contribution < 1.29 is 19.8 Å². The molecule has 0 aromatic rings. The highest BCUT2D eigenvalue weighted by atomic mass is 35.5. The normalized spacial score (nSPS) is 9.89. The Kier molecular flexibility index (Phi) is 16.5. The lowest BCUT2D eigenvalue weighted by Crippen LogP contribution is -2.27. The first-order chi connectivity index (χ1) is 8.99. The second-order valence-electron chi connectivity index (χ2n) is 4.20. The van der Waals surface area contributed by atoms with Crippen molar-refractivity contribution in [3.8, 4) is 0 Å². The number of nitrogens with zero attached hydrogens (tertiary/aromatic N) is 1. The van der Waals surface area contributed by atoms with Gasteiger partial charge in [0.15, 0.2) is 0 Å². The summed E-state index contributed by atoms with van der Waals surface area (Å²) in [5.74, 6) is -2.85. The number of rotatable bonds is 9. The van der Waals surface area contributed by atoms with Crippen LogP contribution in [0.5, 0.6) is 0 Å². The molecular weight excluding hydrogens is 270 g/mol. The van der Waals surface area contributed by atoms with Gasteiger partial charge in [0, 0.05) is 5.88 Å². The van der Waals surface area contributed by atoms with Crippen molar-refractivity contribution in [2.45, 2.75) is 46.0 Å². The maximum Gasteiger partial charge on any atom is 0.414 e. The van der Waals surface area contributed by atoms with E-state index in [1.807, 2.05) is 0 Å². The average molecular weight is 296 g/mol. The number of halogens is 1. The number of carboxylic acids is 2. The van der Waals surface area contributed by atoms with Gasteiger partial charge in [-0.2, -0.15) is 0 Å². The summed E-state index contributed by atoms with van der Waals surface area (Å²) in [6.45, 7) is 8.20. The zero-order valence-corrected chi connectivity index (χ0v) is 12.7. The number of carbonyl (C=O) groups is 2. The lowest BCUT2D eigenvalue weighted by Gasteiger charge is -2.21. The zero-order chi connectivity index (χ0) is 15.1. The van der Waals surface area contributed by atoms with E-state index >= 15 is 0 Å². The highest BCUT2D eigenvalue weighted by molar-refractivity contribution is 6.27. The summed E-state index contributed by atoms with van der Waals surface area (Å²) in [5.41, 5.74) is 0. The first kappa shape index (κ1) is 20.5. The lowest BCUT2D eigenvalue weighted by atomic mass is 10.2. The van der Waals surface area contributed by atoms with E-state index in [9.17, 15) is 0 Å². The molecule has 0 amide bonds. The van der Waals surface area contributed by atoms with Gasteiger partial charge >= 0.3 is 11.9 Å². The van der Waals surface area contributed by atoms with Crippen LogP contribution in [0, 0.1) is 0 Å². The Hall–Kier alpha value is -0.810. The molecule has 0 aliphatic heterocycles. The first-order valence-electron chi connectivity index (χ1n) is 6.74. The molecule has 6 heteroatoms. The van der Waals surface area contributed by atoms with E-state index in [1.165, 1.54) is 45.3 Å². The van der Waals surface area contributed by atoms with Crippen molar-refractivity contribution in [3.63, 3.8) is 0 Å². The fourth-order valence-corrected chi connectivity index (χ4v) is 1.50. The number of aliphatic carboxylic acids is 2. The Bertz CT molecular complexity index is 206. The summed E-state index contributed by atoms with van der Waals surface area (Å²) in [6, 6.07) is 0. The van der Waals surface area contributed by atoms with Crippen molar-refractivity contribution in [2.75, 3.05) is 25.5 Å². The maximum atomic E-state index is 9.10. The average Bonchev–Trinajstić information content (AvgIpc) is 2.38. The summed E-state index contributed by atoms with van der Waals surface area (Å²) in [5, 5.41) is 14.8. The van der Waals surface area contributed by atoms with Gasteiger partial charge in [0.25, 0.3) is 0 Å². The van der Waals surface area contributed by atoms with E-state index < -0.39 is 11.9 Å². The minimum atomic E-state index is -1.82. The Labute approximate surface area is 120 Å². The molecule has 0 aliphatic carbocycles. The van der Waals surface area contributed by atoms with Crippen molar-refractivity contribution >= 4 is 23.5 Å². The van der Waals surface area contributed by atoms with Gasteiger partial charge in [-0.05, 0) is 38.9 Å². The standard InChI is InChI=1S/C11H24ClN.C2H2O4/c1-3-5-9-13(10-6-4-2)11-7-8-12;3-1(4)2(5)6/h3-11H2,1-2H3;(H,3,4)(H,5,6). The van der Waals surface area contributed by atoms with Crippen molar-refractivity contribution in [2.24, 2.45) is 0 Å². The molecule has 0 rings (SSSR count).